The molecule has 9 nitrogen and oxygen atoms in total. The number of carbonyl (C=O) groups excluding carboxylic acids is 1. The minimum atomic E-state index is -4.52. The third-order valence-electron chi connectivity index (χ3n) is 4.47. The monoisotopic (exact) mass is 488 g/mol. The van der Waals surface area contributed by atoms with Gasteiger partial charge in [-0.15, -0.1) is 11.3 Å². The maximum atomic E-state index is 12.7. The van der Waals surface area contributed by atoms with Gasteiger partial charge in [-0.3, -0.25) is 9.52 Å². The Kier molecular flexibility index (Phi) is 5.92. The van der Waals surface area contributed by atoms with Crippen molar-refractivity contribution in [3.8, 4) is 11.4 Å². The van der Waals surface area contributed by atoms with Gasteiger partial charge in [0.05, 0.1) is 18.8 Å². The van der Waals surface area contributed by atoms with E-state index in [4.69, 9.17) is 9.26 Å². The van der Waals surface area contributed by atoms with Crippen LogP contribution in [0.25, 0.3) is 11.4 Å². The summed E-state index contributed by atoms with van der Waals surface area (Å²) in [6, 6.07) is 4.90. The molecule has 32 heavy (non-hydrogen) atoms. The van der Waals surface area contributed by atoms with Crippen molar-refractivity contribution in [1.82, 2.24) is 15.0 Å². The predicted octanol–water partition coefficient (Wildman–Crippen LogP) is 3.09. The van der Waals surface area contributed by atoms with Gasteiger partial charge in [-0.05, 0) is 30.3 Å². The summed E-state index contributed by atoms with van der Waals surface area (Å²) in [5.41, 5.74) is -0.600. The van der Waals surface area contributed by atoms with Gasteiger partial charge in [0.2, 0.25) is 5.82 Å². The van der Waals surface area contributed by atoms with Gasteiger partial charge in [0.15, 0.2) is 0 Å². The molecule has 1 fully saturated rings. The van der Waals surface area contributed by atoms with Crippen molar-refractivity contribution in [2.45, 2.75) is 10.4 Å². The molecule has 0 bridgehead atoms. The van der Waals surface area contributed by atoms with E-state index in [2.05, 4.69) is 14.9 Å². The Morgan fingerprint density at radius 3 is 2.50 bits per heavy atom. The molecule has 1 aliphatic rings. The fourth-order valence-electron chi connectivity index (χ4n) is 2.84. The number of sulfonamides is 1. The summed E-state index contributed by atoms with van der Waals surface area (Å²) < 4.78 is 75.5. The minimum Gasteiger partial charge on any atom is -0.378 e. The maximum Gasteiger partial charge on any atom is 0.416 e. The molecular weight excluding hydrogens is 473 g/mol. The van der Waals surface area contributed by atoms with Crippen LogP contribution in [0.4, 0.5) is 18.9 Å². The average Bonchev–Trinajstić information content (AvgIpc) is 3.43. The van der Waals surface area contributed by atoms with Crippen molar-refractivity contribution in [1.29, 1.82) is 0 Å². The molecule has 0 aliphatic carbocycles. The second-order valence-electron chi connectivity index (χ2n) is 6.66. The topological polar surface area (TPSA) is 115 Å². The van der Waals surface area contributed by atoms with Gasteiger partial charge in [-0.2, -0.15) is 18.2 Å². The Bertz CT molecular complexity index is 1220. The number of nitrogens with zero attached hydrogens (tertiary/aromatic N) is 3. The van der Waals surface area contributed by atoms with Crippen molar-refractivity contribution < 1.29 is 35.6 Å². The molecule has 1 saturated heterocycles. The number of anilines is 1. The molecule has 4 rings (SSSR count). The number of ether oxygens (including phenoxy) is 1. The molecule has 0 spiro atoms. The first kappa shape index (κ1) is 22.2. The molecule has 170 valence electrons. The normalized spacial score (nSPS) is 15.0. The van der Waals surface area contributed by atoms with Crippen molar-refractivity contribution in [3.63, 3.8) is 0 Å². The molecule has 0 saturated carbocycles. The van der Waals surface area contributed by atoms with Crippen LogP contribution in [-0.4, -0.2) is 55.7 Å². The summed E-state index contributed by atoms with van der Waals surface area (Å²) in [6.45, 7) is 1.61. The summed E-state index contributed by atoms with van der Waals surface area (Å²) >= 11 is 0.860. The van der Waals surface area contributed by atoms with Crippen molar-refractivity contribution in [3.05, 3.63) is 47.2 Å². The van der Waals surface area contributed by atoms with Gasteiger partial charge >= 0.3 is 18.0 Å². The molecule has 3 heterocycles. The van der Waals surface area contributed by atoms with E-state index < -0.39 is 27.7 Å². The van der Waals surface area contributed by atoms with Gasteiger partial charge in [0.1, 0.15) is 4.21 Å². The maximum absolute atomic E-state index is 12.7. The number of rotatable bonds is 5. The van der Waals surface area contributed by atoms with Gasteiger partial charge in [0.25, 0.3) is 10.0 Å². The Morgan fingerprint density at radius 2 is 1.84 bits per heavy atom. The lowest BCUT2D eigenvalue weighted by Crippen LogP contribution is -2.40. The number of halogens is 3. The predicted molar refractivity (Wildman–Crippen MR) is 107 cm³/mol. The first-order valence-electron chi connectivity index (χ1n) is 9.13. The second-order valence-corrected chi connectivity index (χ2v) is 9.48. The van der Waals surface area contributed by atoms with E-state index >= 15 is 0 Å². The number of thiophene rings is 1. The van der Waals surface area contributed by atoms with Crippen LogP contribution >= 0.6 is 11.3 Å². The summed E-state index contributed by atoms with van der Waals surface area (Å²) in [4.78, 5) is 18.0. The van der Waals surface area contributed by atoms with Crippen LogP contribution in [0.1, 0.15) is 16.2 Å². The van der Waals surface area contributed by atoms with E-state index in [0.717, 1.165) is 35.6 Å². The Labute approximate surface area is 183 Å². The van der Waals surface area contributed by atoms with Gasteiger partial charge in [-0.1, -0.05) is 5.16 Å². The van der Waals surface area contributed by atoms with Gasteiger partial charge in [0, 0.05) is 29.7 Å². The molecule has 1 N–H and O–H groups in total. The molecule has 1 amide bonds. The van der Waals surface area contributed by atoms with E-state index in [0.29, 0.717) is 31.9 Å². The minimum absolute atomic E-state index is 0.0223. The number of nitrogens with one attached hydrogen (secondary N) is 1. The quantitative estimate of drug-likeness (QED) is 0.587. The average molecular weight is 488 g/mol. The highest BCUT2D eigenvalue weighted by Crippen LogP contribution is 2.31. The molecule has 0 atom stereocenters. The first-order chi connectivity index (χ1) is 15.1. The molecule has 2 aromatic heterocycles. The molecular formula is C18H15F3N4O5S2. The Balaban J connectivity index is 1.48. The second kappa shape index (κ2) is 8.52. The zero-order valence-electron chi connectivity index (χ0n) is 16.1. The van der Waals surface area contributed by atoms with Crippen LogP contribution in [0, 0.1) is 0 Å². The largest absolute Gasteiger partial charge is 0.416 e. The number of morpholine rings is 1. The summed E-state index contributed by atoms with van der Waals surface area (Å²) in [6.07, 6.45) is -4.52. The highest BCUT2D eigenvalue weighted by atomic mass is 32.2. The summed E-state index contributed by atoms with van der Waals surface area (Å²) in [7, 11) is -4.06. The molecule has 0 radical (unpaired) electrons. The van der Waals surface area contributed by atoms with Crippen molar-refractivity contribution in [2.75, 3.05) is 31.0 Å². The van der Waals surface area contributed by atoms with E-state index in [9.17, 15) is 26.4 Å². The zero-order chi connectivity index (χ0) is 22.9. The number of alkyl halides is 3. The van der Waals surface area contributed by atoms with E-state index in [1.54, 1.807) is 0 Å². The number of hydrogen-bond acceptors (Lipinski definition) is 8. The standard InChI is InChI=1S/C18H15F3N4O5S2/c19-18(20,21)12-1-3-13(4-2-12)24-32(27,28)14-9-11(10-31-14)15-22-16(30-23-15)17(26)25-5-7-29-8-6-25/h1-4,9-10,24H,5-8H2. The molecule has 1 aliphatic heterocycles. The SMILES string of the molecule is O=C(c1nc(-c2csc(S(=O)(=O)Nc3ccc(C(F)(F)F)cc3)c2)no1)N1CCOCC1. The van der Waals surface area contributed by atoms with Crippen molar-refractivity contribution >= 4 is 33.0 Å². The van der Waals surface area contributed by atoms with Gasteiger partial charge < -0.3 is 14.2 Å². The van der Waals surface area contributed by atoms with Crippen LogP contribution in [0.15, 0.2) is 44.4 Å². The fraction of sp³-hybridized carbons (Fsp3) is 0.278. The first-order valence-corrected chi connectivity index (χ1v) is 11.5. The molecule has 1 aromatic carbocycles. The van der Waals surface area contributed by atoms with Crippen LogP contribution in [-0.2, 0) is 20.9 Å². The van der Waals surface area contributed by atoms with Crippen molar-refractivity contribution in [2.24, 2.45) is 0 Å². The van der Waals surface area contributed by atoms with Crippen LogP contribution < -0.4 is 4.72 Å². The Morgan fingerprint density at radius 1 is 1.16 bits per heavy atom. The number of hydrogen-bond donors (Lipinski definition) is 1. The van der Waals surface area contributed by atoms with E-state index in [1.165, 1.54) is 16.3 Å². The van der Waals surface area contributed by atoms with Crippen LogP contribution in [0.5, 0.6) is 0 Å². The molecule has 3 aromatic rings. The van der Waals surface area contributed by atoms with Gasteiger partial charge in [-0.25, -0.2) is 8.42 Å². The Hall–Kier alpha value is -2.97. The number of aromatic nitrogens is 2. The van der Waals surface area contributed by atoms with E-state index in [1.807, 2.05) is 0 Å². The van der Waals surface area contributed by atoms with Crippen LogP contribution in [0.3, 0.4) is 0 Å². The number of benzene rings is 1. The number of amides is 1. The van der Waals surface area contributed by atoms with Crippen LogP contribution in [0.2, 0.25) is 0 Å². The third kappa shape index (κ3) is 4.76. The lowest BCUT2D eigenvalue weighted by molar-refractivity contribution is -0.137. The summed E-state index contributed by atoms with van der Waals surface area (Å²) in [5.74, 6) is -0.631. The highest BCUT2D eigenvalue weighted by molar-refractivity contribution is 7.94. The highest BCUT2D eigenvalue weighted by Gasteiger charge is 2.30. The smallest absolute Gasteiger partial charge is 0.378 e. The lowest BCUT2D eigenvalue weighted by Gasteiger charge is -2.25. The molecule has 0 unspecified atom stereocenters. The number of carbonyl (C=O) groups is 1. The van der Waals surface area contributed by atoms with E-state index in [-0.39, 0.29) is 21.6 Å². The fourth-order valence-corrected chi connectivity index (χ4v) is 5.05. The molecule has 14 heteroatoms. The lowest BCUT2D eigenvalue weighted by atomic mass is 10.2. The zero-order valence-corrected chi connectivity index (χ0v) is 17.8. The summed E-state index contributed by atoms with van der Waals surface area (Å²) in [5, 5.41) is 5.20. The third-order valence-corrected chi connectivity index (χ3v) is 7.29.